The van der Waals surface area contributed by atoms with Gasteiger partial charge in [0, 0.05) is 11.9 Å². The van der Waals surface area contributed by atoms with Gasteiger partial charge in [-0.1, -0.05) is 0 Å². The molecule has 0 amide bonds. The monoisotopic (exact) mass is 330 g/mol. The Labute approximate surface area is 131 Å². The second-order valence-electron chi connectivity index (χ2n) is 5.49. The minimum absolute atomic E-state index is 0.00618. The molecule has 0 aliphatic carbocycles. The molecule has 0 aliphatic heterocycles. The second-order valence-corrected chi connectivity index (χ2v) is 5.49. The highest BCUT2D eigenvalue weighted by molar-refractivity contribution is 5.89. The van der Waals surface area contributed by atoms with Crippen LogP contribution in [0.2, 0.25) is 0 Å². The van der Waals surface area contributed by atoms with E-state index in [0.29, 0.717) is 6.54 Å². The van der Waals surface area contributed by atoms with Gasteiger partial charge in [0.25, 0.3) is 0 Å². The molecule has 1 N–H and O–H groups in total. The summed E-state index contributed by atoms with van der Waals surface area (Å²) in [7, 11) is 3.90. The molecule has 0 fully saturated rings. The summed E-state index contributed by atoms with van der Waals surface area (Å²) in [6, 6.07) is 3.44. The lowest BCUT2D eigenvalue weighted by Crippen LogP contribution is -2.16. The summed E-state index contributed by atoms with van der Waals surface area (Å²) in [6.07, 6.45) is -2.99. The van der Waals surface area contributed by atoms with Crippen LogP contribution in [-0.2, 0) is 6.18 Å². The summed E-state index contributed by atoms with van der Waals surface area (Å²) in [6.45, 7) is 1.34. The zero-order valence-electron chi connectivity index (χ0n) is 12.9. The van der Waals surface area contributed by atoms with Crippen LogP contribution in [0.3, 0.4) is 0 Å². The normalized spacial score (nSPS) is 12.1. The predicted molar refractivity (Wildman–Crippen MR) is 80.8 cm³/mol. The lowest BCUT2D eigenvalue weighted by molar-refractivity contribution is -0.144. The highest BCUT2D eigenvalue weighted by Crippen LogP contribution is 2.30. The fraction of sp³-hybridized carbons (Fsp3) is 0.467. The van der Waals surface area contributed by atoms with Crippen molar-refractivity contribution < 1.29 is 17.6 Å². The van der Waals surface area contributed by atoms with E-state index < -0.39 is 17.8 Å². The number of hydrogen-bond acceptors (Lipinski definition) is 4. The lowest BCUT2D eigenvalue weighted by atomic mass is 10.2. The van der Waals surface area contributed by atoms with E-state index >= 15 is 0 Å². The molecule has 4 nitrogen and oxygen atoms in total. The molecule has 0 unspecified atom stereocenters. The van der Waals surface area contributed by atoms with Gasteiger partial charge in [-0.2, -0.15) is 13.2 Å². The molecule has 0 bridgehead atoms. The number of fused-ring (bicyclic) bond motifs is 1. The fourth-order valence-electron chi connectivity index (χ4n) is 2.12. The smallest absolute Gasteiger partial charge is 0.369 e. The maximum absolute atomic E-state index is 13.4. The van der Waals surface area contributed by atoms with Crippen molar-refractivity contribution in [3.8, 4) is 0 Å². The van der Waals surface area contributed by atoms with Crippen LogP contribution in [0.25, 0.3) is 10.9 Å². The van der Waals surface area contributed by atoms with Crippen molar-refractivity contribution in [2.45, 2.75) is 19.0 Å². The molecule has 0 saturated carbocycles. The Balaban J connectivity index is 2.23. The van der Waals surface area contributed by atoms with E-state index in [0.717, 1.165) is 31.5 Å². The third-order valence-corrected chi connectivity index (χ3v) is 3.24. The molecular weight excluding hydrogens is 312 g/mol. The summed E-state index contributed by atoms with van der Waals surface area (Å²) in [5, 5.41) is 3.11. The molecule has 2 rings (SSSR count). The van der Waals surface area contributed by atoms with Crippen molar-refractivity contribution >= 4 is 16.7 Å². The molecule has 0 atom stereocenters. The van der Waals surface area contributed by atoms with Gasteiger partial charge in [0.15, 0.2) is 0 Å². The Morgan fingerprint density at radius 1 is 1.13 bits per heavy atom. The lowest BCUT2D eigenvalue weighted by Gasteiger charge is -2.13. The fourth-order valence-corrected chi connectivity index (χ4v) is 2.12. The van der Waals surface area contributed by atoms with E-state index in [2.05, 4.69) is 15.3 Å². The van der Waals surface area contributed by atoms with Gasteiger partial charge in [0.2, 0.25) is 5.82 Å². The molecule has 8 heteroatoms. The van der Waals surface area contributed by atoms with Gasteiger partial charge >= 0.3 is 6.18 Å². The van der Waals surface area contributed by atoms with Crippen LogP contribution >= 0.6 is 0 Å². The number of aromatic nitrogens is 2. The van der Waals surface area contributed by atoms with Crippen LogP contribution in [0.5, 0.6) is 0 Å². The van der Waals surface area contributed by atoms with Gasteiger partial charge < -0.3 is 10.2 Å². The topological polar surface area (TPSA) is 41.0 Å². The van der Waals surface area contributed by atoms with Crippen molar-refractivity contribution in [3.63, 3.8) is 0 Å². The van der Waals surface area contributed by atoms with Gasteiger partial charge in [-0.3, -0.25) is 0 Å². The highest BCUT2D eigenvalue weighted by Gasteiger charge is 2.35. The zero-order valence-corrected chi connectivity index (χ0v) is 12.9. The first kappa shape index (κ1) is 17.4. The maximum Gasteiger partial charge on any atom is 0.451 e. The number of hydrogen-bond donors (Lipinski definition) is 1. The zero-order chi connectivity index (χ0) is 17.0. The molecule has 0 aliphatic rings. The van der Waals surface area contributed by atoms with Crippen molar-refractivity contribution in [2.75, 3.05) is 32.5 Å². The van der Waals surface area contributed by atoms with Gasteiger partial charge in [-0.15, -0.1) is 0 Å². The Hall–Kier alpha value is -1.96. The summed E-state index contributed by atoms with van der Waals surface area (Å²) in [5.74, 6) is -1.77. The van der Waals surface area contributed by atoms with Crippen molar-refractivity contribution in [1.82, 2.24) is 14.9 Å². The first-order valence-electron chi connectivity index (χ1n) is 7.20. The molecule has 23 heavy (non-hydrogen) atoms. The number of anilines is 1. The molecule has 2 aromatic rings. The van der Waals surface area contributed by atoms with Crippen molar-refractivity contribution in [3.05, 3.63) is 29.8 Å². The van der Waals surface area contributed by atoms with E-state index in [4.69, 9.17) is 0 Å². The predicted octanol–water partition coefficient (Wildman–Crippen LogP) is 3.54. The largest absolute Gasteiger partial charge is 0.451 e. The van der Waals surface area contributed by atoms with Gasteiger partial charge in [0.1, 0.15) is 11.6 Å². The van der Waals surface area contributed by atoms with Crippen molar-refractivity contribution in [2.24, 2.45) is 0 Å². The number of nitrogens with one attached hydrogen (secondary N) is 1. The Morgan fingerprint density at radius 3 is 2.52 bits per heavy atom. The van der Waals surface area contributed by atoms with Crippen LogP contribution in [0.1, 0.15) is 18.7 Å². The Morgan fingerprint density at radius 2 is 1.87 bits per heavy atom. The average molecular weight is 330 g/mol. The van der Waals surface area contributed by atoms with Crippen molar-refractivity contribution in [1.29, 1.82) is 0 Å². The van der Waals surface area contributed by atoms with E-state index in [1.807, 2.05) is 19.0 Å². The maximum atomic E-state index is 13.4. The van der Waals surface area contributed by atoms with Crippen LogP contribution in [0.4, 0.5) is 23.4 Å². The van der Waals surface area contributed by atoms with Crippen LogP contribution in [0.15, 0.2) is 18.2 Å². The molecular formula is C15H18F4N4. The molecule has 1 aromatic carbocycles. The third-order valence-electron chi connectivity index (χ3n) is 3.24. The SMILES string of the molecule is CN(C)CCCCNc1nc(C(F)(F)F)nc2ccc(F)cc12. The number of nitrogens with zero attached hydrogens (tertiary/aromatic N) is 3. The minimum atomic E-state index is -4.65. The molecule has 0 saturated heterocycles. The number of halogens is 4. The number of rotatable bonds is 6. The van der Waals surface area contributed by atoms with Gasteiger partial charge in [0.05, 0.1) is 5.52 Å². The van der Waals surface area contributed by atoms with Crippen LogP contribution in [-0.4, -0.2) is 42.1 Å². The average Bonchev–Trinajstić information content (AvgIpc) is 2.45. The third kappa shape index (κ3) is 4.75. The highest BCUT2D eigenvalue weighted by atomic mass is 19.4. The van der Waals surface area contributed by atoms with E-state index in [1.165, 1.54) is 6.07 Å². The molecule has 1 heterocycles. The van der Waals surface area contributed by atoms with Crippen LogP contribution < -0.4 is 5.32 Å². The number of benzene rings is 1. The summed E-state index contributed by atoms with van der Waals surface area (Å²) in [5.41, 5.74) is 0.0597. The summed E-state index contributed by atoms with van der Waals surface area (Å²) >= 11 is 0. The molecule has 1 aromatic heterocycles. The number of unbranched alkanes of at least 4 members (excludes halogenated alkanes) is 1. The molecule has 0 radical (unpaired) electrons. The van der Waals surface area contributed by atoms with Gasteiger partial charge in [-0.25, -0.2) is 14.4 Å². The first-order valence-corrected chi connectivity index (χ1v) is 7.20. The quantitative estimate of drug-likeness (QED) is 0.650. The van der Waals surface area contributed by atoms with E-state index in [9.17, 15) is 17.6 Å². The van der Waals surface area contributed by atoms with Gasteiger partial charge in [-0.05, 0) is 51.7 Å². The molecule has 0 spiro atoms. The second kappa shape index (κ2) is 7.08. The minimum Gasteiger partial charge on any atom is -0.369 e. The Bertz CT molecular complexity index is 670. The van der Waals surface area contributed by atoms with E-state index in [1.54, 1.807) is 0 Å². The van der Waals surface area contributed by atoms with E-state index in [-0.39, 0.29) is 16.7 Å². The molecule has 126 valence electrons. The standard InChI is InChI=1S/C15H18F4N4/c1-23(2)8-4-3-7-20-13-11-9-10(16)5-6-12(11)21-14(22-13)15(17,18)19/h5-6,9H,3-4,7-8H2,1-2H3,(H,20,21,22). The summed E-state index contributed by atoms with van der Waals surface area (Å²) in [4.78, 5) is 9.01. The summed E-state index contributed by atoms with van der Waals surface area (Å²) < 4.78 is 52.0. The van der Waals surface area contributed by atoms with Crippen LogP contribution in [0, 0.1) is 5.82 Å². The Kier molecular flexibility index (Phi) is 5.35. The first-order chi connectivity index (χ1) is 10.8. The number of alkyl halides is 3.